The Balaban J connectivity index is 0.00000757. The maximum atomic E-state index is 13.9. The topological polar surface area (TPSA) is 173 Å². The fourth-order valence-corrected chi connectivity index (χ4v) is 8.43. The Hall–Kier alpha value is -6.66. The minimum absolute atomic E-state index is 0. The van der Waals surface area contributed by atoms with Gasteiger partial charge in [0.25, 0.3) is 0 Å². The van der Waals surface area contributed by atoms with Gasteiger partial charge in [0.2, 0.25) is 0 Å². The van der Waals surface area contributed by atoms with Crippen molar-refractivity contribution >= 4 is 55.7 Å². The minimum atomic E-state index is -0.867. The van der Waals surface area contributed by atoms with Crippen LogP contribution in [0.15, 0.2) is 128 Å². The van der Waals surface area contributed by atoms with Crippen LogP contribution in [0.4, 0.5) is 0 Å². The number of carbonyl (C=O) groups is 3. The number of ether oxygens (including phenoxy) is 3. The van der Waals surface area contributed by atoms with Crippen molar-refractivity contribution in [3.8, 4) is 51.0 Å². The standard InChI is InChI=1S/C60H57B3N3O12.Ir/c1-55(2)56(3,4)74-61(73-55)43-19-28-49(64-34-43)37-13-22-46(23-14-37)70-52(67)40-31-41(53(68)71-47-24-15-38(16-25-47)50-29-20-44(35-65-50)62-75-57(5,6)58(7,8)76-62)33-42(32-40)54(69)72-48-26-17-39(18-27-48)51-30-21-45(36-66-51)63-77-59(9,10)60(11,12)78-63;/h13,15,17,19-36H,1-12H3;/q-3;+3. The number of pyridine rings is 3. The zero-order valence-electron chi connectivity index (χ0n) is 45.9. The molecule has 3 aliphatic heterocycles. The first-order valence-electron chi connectivity index (χ1n) is 25.6. The zero-order chi connectivity index (χ0) is 55.6. The van der Waals surface area contributed by atoms with Gasteiger partial charge in [-0.2, -0.15) is 0 Å². The van der Waals surface area contributed by atoms with Gasteiger partial charge in [0, 0.05) is 35.8 Å². The third-order valence-corrected chi connectivity index (χ3v) is 15.4. The Morgan fingerprint density at radius 3 is 0.810 bits per heavy atom. The van der Waals surface area contributed by atoms with Crippen LogP contribution in [0, 0.1) is 18.2 Å². The summed E-state index contributed by atoms with van der Waals surface area (Å²) in [5.74, 6) is -2.15. The van der Waals surface area contributed by atoms with Crippen LogP contribution < -0.4 is 30.6 Å². The molecule has 0 amide bonds. The third kappa shape index (κ3) is 11.8. The summed E-state index contributed by atoms with van der Waals surface area (Å²) < 4.78 is 54.3. The molecule has 0 saturated carbocycles. The van der Waals surface area contributed by atoms with Crippen LogP contribution in [-0.4, -0.2) is 87.8 Å². The van der Waals surface area contributed by atoms with Crippen LogP contribution in [0.3, 0.4) is 0 Å². The van der Waals surface area contributed by atoms with Gasteiger partial charge in [-0.1, -0.05) is 36.4 Å². The van der Waals surface area contributed by atoms with Gasteiger partial charge >= 0.3 is 59.4 Å². The van der Waals surface area contributed by atoms with Crippen molar-refractivity contribution in [3.63, 3.8) is 0 Å². The van der Waals surface area contributed by atoms with Gasteiger partial charge in [-0.15, -0.1) is 89.5 Å². The molecule has 3 aliphatic rings. The summed E-state index contributed by atoms with van der Waals surface area (Å²) >= 11 is 0. The molecule has 3 aromatic heterocycles. The van der Waals surface area contributed by atoms with Crippen molar-refractivity contribution in [2.24, 2.45) is 0 Å². The number of carbonyl (C=O) groups excluding carboxylic acids is 3. The van der Waals surface area contributed by atoms with E-state index in [1.54, 1.807) is 55.0 Å². The molecule has 0 atom stereocenters. The molecule has 10 rings (SSSR count). The van der Waals surface area contributed by atoms with Crippen molar-refractivity contribution in [1.82, 2.24) is 15.0 Å². The molecule has 3 fully saturated rings. The number of hydrogen-bond donors (Lipinski definition) is 0. The van der Waals surface area contributed by atoms with Crippen LogP contribution in [0.5, 0.6) is 17.2 Å². The molecule has 3 saturated heterocycles. The fraction of sp³-hybridized carbons (Fsp3) is 0.300. The summed E-state index contributed by atoms with van der Waals surface area (Å²) in [4.78, 5) is 55.6. The molecule has 0 radical (unpaired) electrons. The molecule has 0 N–H and O–H groups in total. The predicted molar refractivity (Wildman–Crippen MR) is 294 cm³/mol. The van der Waals surface area contributed by atoms with E-state index in [9.17, 15) is 14.4 Å². The van der Waals surface area contributed by atoms with E-state index in [-0.39, 0.29) is 54.0 Å². The number of nitrogens with zero attached hydrogens (tertiary/aromatic N) is 3. The van der Waals surface area contributed by atoms with E-state index in [0.29, 0.717) is 33.8 Å². The molecule has 0 bridgehead atoms. The minimum Gasteiger partial charge on any atom is -0.471 e. The van der Waals surface area contributed by atoms with Gasteiger partial charge in [-0.3, -0.25) is 0 Å². The van der Waals surface area contributed by atoms with E-state index in [4.69, 9.17) is 42.1 Å². The van der Waals surface area contributed by atoms with E-state index >= 15 is 0 Å². The van der Waals surface area contributed by atoms with E-state index < -0.39 is 72.9 Å². The molecule has 0 spiro atoms. The molecule has 6 heterocycles. The van der Waals surface area contributed by atoms with Gasteiger partial charge in [0.1, 0.15) is 0 Å². The Kier molecular flexibility index (Phi) is 15.5. The van der Waals surface area contributed by atoms with Crippen molar-refractivity contribution < 1.29 is 76.6 Å². The van der Waals surface area contributed by atoms with Crippen molar-refractivity contribution in [1.29, 1.82) is 0 Å². The summed E-state index contributed by atoms with van der Waals surface area (Å²) in [5.41, 5.74) is 2.73. The Morgan fingerprint density at radius 2 is 0.620 bits per heavy atom. The zero-order valence-corrected chi connectivity index (χ0v) is 48.3. The van der Waals surface area contributed by atoms with Gasteiger partial charge in [-0.05, 0) is 135 Å². The molecule has 19 heteroatoms. The number of esters is 3. The second-order valence-electron chi connectivity index (χ2n) is 22.5. The molecule has 402 valence electrons. The molecule has 0 aliphatic carbocycles. The maximum absolute atomic E-state index is 13.9. The summed E-state index contributed by atoms with van der Waals surface area (Å²) in [6, 6.07) is 38.8. The third-order valence-electron chi connectivity index (χ3n) is 15.4. The van der Waals surface area contributed by atoms with Crippen LogP contribution >= 0.6 is 0 Å². The largest absolute Gasteiger partial charge is 3.00 e. The normalized spacial score (nSPS) is 18.2. The van der Waals surface area contributed by atoms with Crippen molar-refractivity contribution in [2.45, 2.75) is 117 Å². The maximum Gasteiger partial charge on any atom is 3.00 e. The first-order valence-corrected chi connectivity index (χ1v) is 25.6. The number of aromatic nitrogens is 3. The van der Waals surface area contributed by atoms with Gasteiger partial charge < -0.3 is 57.1 Å². The molecule has 79 heavy (non-hydrogen) atoms. The number of rotatable bonds is 12. The van der Waals surface area contributed by atoms with Gasteiger partial charge in [0.05, 0.1) is 50.3 Å². The first-order chi connectivity index (χ1) is 36.7. The monoisotopic (exact) mass is 1240 g/mol. The average Bonchev–Trinajstić information content (AvgIpc) is 3.94. The average molecular weight is 1240 g/mol. The number of benzene rings is 4. The summed E-state index contributed by atoms with van der Waals surface area (Å²) in [7, 11) is -1.69. The molecular formula is C60H57B3IrN3O12. The molecular weight excluding hydrogens is 1180 g/mol. The van der Waals surface area contributed by atoms with Gasteiger partial charge in [0.15, 0.2) is 0 Å². The molecule has 4 aromatic carbocycles. The SMILES string of the molecule is CC1(C)OB(c2ccc(-c3[c-]cc(OC(=O)c4cc(C(=O)Oc5c[c-]c(-c6ccc(B7OC(C)(C)C(C)(C)O7)cn6)cc5)cc(C(=O)Oc5c[c-]c(-c6ccc(B7OC(C)(C)C(C)(C)O7)cn6)cc5)c4)cc3)nc2)OC1(C)C.[Ir+3]. The summed E-state index contributed by atoms with van der Waals surface area (Å²) in [6.07, 6.45) is 5.09. The summed E-state index contributed by atoms with van der Waals surface area (Å²) in [5, 5.41) is 0. The Morgan fingerprint density at radius 1 is 0.380 bits per heavy atom. The van der Waals surface area contributed by atoms with E-state index in [0.717, 1.165) is 16.4 Å². The van der Waals surface area contributed by atoms with E-state index in [1.165, 1.54) is 36.4 Å². The fourth-order valence-electron chi connectivity index (χ4n) is 8.43. The van der Waals surface area contributed by atoms with Crippen LogP contribution in [0.1, 0.15) is 114 Å². The summed E-state index contributed by atoms with van der Waals surface area (Å²) in [6.45, 7) is 23.9. The second kappa shape index (κ2) is 21.4. The second-order valence-corrected chi connectivity index (χ2v) is 22.5. The van der Waals surface area contributed by atoms with Gasteiger partial charge in [-0.25, -0.2) is 14.4 Å². The van der Waals surface area contributed by atoms with Crippen LogP contribution in [0.25, 0.3) is 33.8 Å². The van der Waals surface area contributed by atoms with Crippen LogP contribution in [0.2, 0.25) is 0 Å². The quantitative estimate of drug-likeness (QED) is 0.0491. The molecule has 0 unspecified atom stereocenters. The predicted octanol–water partition coefficient (Wildman–Crippen LogP) is 8.83. The van der Waals surface area contributed by atoms with E-state index in [2.05, 4.69) is 33.2 Å². The van der Waals surface area contributed by atoms with Crippen LogP contribution in [-0.2, 0) is 48.0 Å². The Bertz CT molecular complexity index is 2980. The number of hydrogen-bond acceptors (Lipinski definition) is 15. The molecule has 15 nitrogen and oxygen atoms in total. The van der Waals surface area contributed by atoms with Crippen molar-refractivity contribution in [3.05, 3.63) is 163 Å². The smallest absolute Gasteiger partial charge is 0.471 e. The molecule has 7 aromatic rings. The Labute approximate surface area is 475 Å². The van der Waals surface area contributed by atoms with Crippen molar-refractivity contribution in [2.75, 3.05) is 0 Å². The first kappa shape index (κ1) is 57.0. The van der Waals surface area contributed by atoms with E-state index in [1.807, 2.05) is 119 Å².